The van der Waals surface area contributed by atoms with E-state index in [1.165, 1.54) is 4.90 Å². The number of hydrogen-bond donors (Lipinski definition) is 1. The molecule has 0 aliphatic heterocycles. The molecular weight excluding hydrogens is 348 g/mol. The van der Waals surface area contributed by atoms with Gasteiger partial charge in [-0.1, -0.05) is 28.9 Å². The van der Waals surface area contributed by atoms with E-state index in [1.807, 2.05) is 30.1 Å². The zero-order valence-corrected chi connectivity index (χ0v) is 14.6. The van der Waals surface area contributed by atoms with Crippen LogP contribution in [0.2, 0.25) is 0 Å². The topological polar surface area (TPSA) is 34.2 Å². The van der Waals surface area contributed by atoms with Crippen molar-refractivity contribution in [2.45, 2.75) is 17.9 Å². The Kier molecular flexibility index (Phi) is 6.54. The molecule has 2 aromatic rings. The van der Waals surface area contributed by atoms with E-state index in [0.29, 0.717) is 0 Å². The third kappa shape index (κ3) is 5.02. The number of aromatic nitrogens is 1. The van der Waals surface area contributed by atoms with Crippen molar-refractivity contribution in [3.05, 3.63) is 52.8 Å². The standard InChI is InChI=1S/C16H19BrN2OS/c1-3-19-16(12-7-14(20-2)10-18-9-12)11-21-15-6-4-5-13(17)8-15/h4-10,16,19H,3,11H2,1-2H3. The van der Waals surface area contributed by atoms with Crippen molar-refractivity contribution in [1.82, 2.24) is 10.3 Å². The van der Waals surface area contributed by atoms with Gasteiger partial charge in [0.2, 0.25) is 0 Å². The molecule has 0 spiro atoms. The molecule has 0 saturated carbocycles. The van der Waals surface area contributed by atoms with Gasteiger partial charge in [0.15, 0.2) is 0 Å². The number of rotatable bonds is 7. The van der Waals surface area contributed by atoms with E-state index in [-0.39, 0.29) is 6.04 Å². The van der Waals surface area contributed by atoms with Crippen LogP contribution < -0.4 is 10.1 Å². The summed E-state index contributed by atoms with van der Waals surface area (Å²) >= 11 is 5.34. The van der Waals surface area contributed by atoms with Crippen LogP contribution in [0.25, 0.3) is 0 Å². The molecule has 3 nitrogen and oxygen atoms in total. The van der Waals surface area contributed by atoms with Gasteiger partial charge in [-0.3, -0.25) is 4.98 Å². The molecule has 0 fully saturated rings. The average Bonchev–Trinajstić information content (AvgIpc) is 2.51. The third-order valence-electron chi connectivity index (χ3n) is 3.04. The van der Waals surface area contributed by atoms with E-state index in [1.54, 1.807) is 13.3 Å². The molecule has 0 aliphatic carbocycles. The molecule has 1 unspecified atom stereocenters. The summed E-state index contributed by atoms with van der Waals surface area (Å²) in [5.41, 5.74) is 1.15. The molecule has 1 aromatic carbocycles. The smallest absolute Gasteiger partial charge is 0.137 e. The predicted octanol–water partition coefficient (Wildman–Crippen LogP) is 4.30. The van der Waals surface area contributed by atoms with Crippen LogP contribution in [0, 0.1) is 0 Å². The Bertz CT molecular complexity index is 580. The first-order valence-corrected chi connectivity index (χ1v) is 8.61. The van der Waals surface area contributed by atoms with Crippen molar-refractivity contribution in [1.29, 1.82) is 0 Å². The second kappa shape index (κ2) is 8.41. The Morgan fingerprint density at radius 2 is 2.19 bits per heavy atom. The molecule has 112 valence electrons. The van der Waals surface area contributed by atoms with Gasteiger partial charge in [-0.2, -0.15) is 0 Å². The lowest BCUT2D eigenvalue weighted by atomic mass is 10.1. The minimum Gasteiger partial charge on any atom is -0.495 e. The normalized spacial score (nSPS) is 12.1. The van der Waals surface area contributed by atoms with Gasteiger partial charge in [0.05, 0.1) is 13.3 Å². The molecule has 5 heteroatoms. The largest absolute Gasteiger partial charge is 0.495 e. The second-order valence-electron chi connectivity index (χ2n) is 4.54. The average molecular weight is 367 g/mol. The summed E-state index contributed by atoms with van der Waals surface area (Å²) in [4.78, 5) is 5.50. The number of hydrogen-bond acceptors (Lipinski definition) is 4. The lowest BCUT2D eigenvalue weighted by molar-refractivity contribution is 0.411. The number of thioether (sulfide) groups is 1. The minimum absolute atomic E-state index is 0.251. The van der Waals surface area contributed by atoms with Crippen molar-refractivity contribution in [3.63, 3.8) is 0 Å². The van der Waals surface area contributed by atoms with Crippen molar-refractivity contribution < 1.29 is 4.74 Å². The summed E-state index contributed by atoms with van der Waals surface area (Å²) in [5, 5.41) is 3.51. The quantitative estimate of drug-likeness (QED) is 0.740. The molecule has 1 atom stereocenters. The maximum Gasteiger partial charge on any atom is 0.137 e. The maximum atomic E-state index is 5.26. The number of benzene rings is 1. The Morgan fingerprint density at radius 1 is 1.33 bits per heavy atom. The van der Waals surface area contributed by atoms with Crippen molar-refractivity contribution >= 4 is 27.7 Å². The number of halogens is 1. The Morgan fingerprint density at radius 3 is 2.90 bits per heavy atom. The van der Waals surface area contributed by atoms with Crippen LogP contribution in [0.4, 0.5) is 0 Å². The van der Waals surface area contributed by atoms with Gasteiger partial charge in [0.1, 0.15) is 5.75 Å². The van der Waals surface area contributed by atoms with Crippen LogP contribution in [0.1, 0.15) is 18.5 Å². The first-order chi connectivity index (χ1) is 10.2. The van der Waals surface area contributed by atoms with E-state index in [9.17, 15) is 0 Å². The zero-order valence-electron chi connectivity index (χ0n) is 12.2. The molecule has 21 heavy (non-hydrogen) atoms. The van der Waals surface area contributed by atoms with Crippen molar-refractivity contribution in [2.75, 3.05) is 19.4 Å². The summed E-state index contributed by atoms with van der Waals surface area (Å²) in [5.74, 6) is 1.74. The van der Waals surface area contributed by atoms with E-state index < -0.39 is 0 Å². The van der Waals surface area contributed by atoms with E-state index >= 15 is 0 Å². The number of methoxy groups -OCH3 is 1. The molecule has 0 amide bonds. The highest BCUT2D eigenvalue weighted by Gasteiger charge is 2.12. The molecule has 0 aliphatic rings. The Labute approximate surface area is 138 Å². The fraction of sp³-hybridized carbons (Fsp3) is 0.312. The SMILES string of the molecule is CCNC(CSc1cccc(Br)c1)c1cncc(OC)c1. The fourth-order valence-corrected chi connectivity index (χ4v) is 3.60. The van der Waals surface area contributed by atoms with Gasteiger partial charge >= 0.3 is 0 Å². The molecule has 2 rings (SSSR count). The van der Waals surface area contributed by atoms with E-state index in [2.05, 4.69) is 51.4 Å². The summed E-state index contributed by atoms with van der Waals surface area (Å²) in [6.45, 7) is 3.03. The first-order valence-electron chi connectivity index (χ1n) is 6.83. The summed E-state index contributed by atoms with van der Waals surface area (Å²) in [6, 6.07) is 10.7. The zero-order chi connectivity index (χ0) is 15.1. The highest BCUT2D eigenvalue weighted by Crippen LogP contribution is 2.27. The molecular formula is C16H19BrN2OS. The van der Waals surface area contributed by atoms with Gasteiger partial charge in [0, 0.05) is 27.4 Å². The van der Waals surface area contributed by atoms with Crippen LogP contribution in [-0.2, 0) is 0 Å². The molecule has 0 bridgehead atoms. The number of ether oxygens (including phenoxy) is 1. The van der Waals surface area contributed by atoms with Gasteiger partial charge in [-0.05, 0) is 36.4 Å². The van der Waals surface area contributed by atoms with Crippen LogP contribution in [0.15, 0.2) is 52.1 Å². The van der Waals surface area contributed by atoms with Crippen LogP contribution >= 0.6 is 27.7 Å². The molecule has 0 radical (unpaired) electrons. The number of pyridine rings is 1. The maximum absolute atomic E-state index is 5.26. The monoisotopic (exact) mass is 366 g/mol. The number of nitrogens with one attached hydrogen (secondary N) is 1. The molecule has 1 heterocycles. The summed E-state index contributed by atoms with van der Waals surface area (Å²) < 4.78 is 6.37. The van der Waals surface area contributed by atoms with Gasteiger partial charge in [0.25, 0.3) is 0 Å². The lowest BCUT2D eigenvalue weighted by Crippen LogP contribution is -2.23. The Hall–Kier alpha value is -1.04. The fourth-order valence-electron chi connectivity index (χ4n) is 1.99. The second-order valence-corrected chi connectivity index (χ2v) is 6.55. The number of nitrogens with zero attached hydrogens (tertiary/aromatic N) is 1. The van der Waals surface area contributed by atoms with E-state index in [4.69, 9.17) is 4.74 Å². The minimum atomic E-state index is 0.251. The van der Waals surface area contributed by atoms with Crippen LogP contribution in [-0.4, -0.2) is 24.4 Å². The molecule has 0 saturated heterocycles. The van der Waals surface area contributed by atoms with Gasteiger partial charge in [-0.25, -0.2) is 0 Å². The van der Waals surface area contributed by atoms with E-state index in [0.717, 1.165) is 28.1 Å². The van der Waals surface area contributed by atoms with Gasteiger partial charge < -0.3 is 10.1 Å². The molecule has 1 N–H and O–H groups in total. The van der Waals surface area contributed by atoms with Crippen molar-refractivity contribution in [3.8, 4) is 5.75 Å². The highest BCUT2D eigenvalue weighted by atomic mass is 79.9. The van der Waals surface area contributed by atoms with Crippen molar-refractivity contribution in [2.24, 2.45) is 0 Å². The lowest BCUT2D eigenvalue weighted by Gasteiger charge is -2.18. The Balaban J connectivity index is 2.07. The first kappa shape index (κ1) is 16.3. The summed E-state index contributed by atoms with van der Waals surface area (Å²) in [7, 11) is 1.67. The van der Waals surface area contributed by atoms with Crippen LogP contribution in [0.3, 0.4) is 0 Å². The molecule has 1 aromatic heterocycles. The van der Waals surface area contributed by atoms with Gasteiger partial charge in [-0.15, -0.1) is 11.8 Å². The summed E-state index contributed by atoms with van der Waals surface area (Å²) in [6.07, 6.45) is 3.63. The highest BCUT2D eigenvalue weighted by molar-refractivity contribution is 9.10. The predicted molar refractivity (Wildman–Crippen MR) is 92.1 cm³/mol. The third-order valence-corrected chi connectivity index (χ3v) is 4.62. The van der Waals surface area contributed by atoms with Crippen LogP contribution in [0.5, 0.6) is 5.75 Å².